The number of carbonyl (C=O) groups is 1. The minimum atomic E-state index is 0.0994. The van der Waals surface area contributed by atoms with Crippen LogP contribution < -0.4 is 5.32 Å². The number of amides is 1. The highest BCUT2D eigenvalue weighted by Gasteiger charge is 2.22. The van der Waals surface area contributed by atoms with Gasteiger partial charge in [0.2, 0.25) is 17.6 Å². The standard InChI is InChI=1S/C19H25N3O2S/c1-13-7-3-5-9-15(13)19-21-18(24-22-19)12-25-11-17(23)20-16-10-6-4-8-14(16)2/h3,5,7,9,14,16H,4,6,8,10-12H2,1-2H3,(H,20,23)/t14-,16-/m1/s1. The van der Waals surface area contributed by atoms with Gasteiger partial charge in [0.15, 0.2) is 0 Å². The van der Waals surface area contributed by atoms with Crippen LogP contribution in [-0.2, 0) is 10.5 Å². The fraction of sp³-hybridized carbons (Fsp3) is 0.526. The molecule has 5 nitrogen and oxygen atoms in total. The Balaban J connectivity index is 1.46. The molecule has 0 saturated heterocycles. The number of thioether (sulfide) groups is 1. The molecular formula is C19H25N3O2S. The van der Waals surface area contributed by atoms with Gasteiger partial charge in [0.05, 0.1) is 11.5 Å². The molecule has 2 atom stereocenters. The topological polar surface area (TPSA) is 68.0 Å². The third kappa shape index (κ3) is 4.84. The maximum Gasteiger partial charge on any atom is 0.236 e. The molecule has 1 aromatic carbocycles. The first-order valence-corrected chi connectivity index (χ1v) is 10.0. The second kappa shape index (κ2) is 8.52. The first-order chi connectivity index (χ1) is 12.1. The van der Waals surface area contributed by atoms with E-state index in [1.54, 1.807) is 0 Å². The van der Waals surface area contributed by atoms with E-state index in [1.165, 1.54) is 31.0 Å². The smallest absolute Gasteiger partial charge is 0.236 e. The second-order valence-corrected chi connectivity index (χ2v) is 7.74. The monoisotopic (exact) mass is 359 g/mol. The molecule has 0 unspecified atom stereocenters. The summed E-state index contributed by atoms with van der Waals surface area (Å²) in [5.74, 6) is 2.81. The van der Waals surface area contributed by atoms with Gasteiger partial charge in [-0.2, -0.15) is 4.98 Å². The van der Waals surface area contributed by atoms with Crippen molar-refractivity contribution < 1.29 is 9.32 Å². The Morgan fingerprint density at radius 2 is 2.12 bits per heavy atom. The van der Waals surface area contributed by atoms with E-state index in [0.717, 1.165) is 17.5 Å². The minimum absolute atomic E-state index is 0.0994. The van der Waals surface area contributed by atoms with Gasteiger partial charge in [-0.25, -0.2) is 0 Å². The summed E-state index contributed by atoms with van der Waals surface area (Å²) < 4.78 is 5.31. The Morgan fingerprint density at radius 3 is 2.92 bits per heavy atom. The van der Waals surface area contributed by atoms with Crippen LogP contribution in [0.4, 0.5) is 0 Å². The van der Waals surface area contributed by atoms with Gasteiger partial charge < -0.3 is 9.84 Å². The van der Waals surface area contributed by atoms with E-state index in [4.69, 9.17) is 4.52 Å². The number of hydrogen-bond donors (Lipinski definition) is 1. The van der Waals surface area contributed by atoms with E-state index in [1.807, 2.05) is 31.2 Å². The molecule has 1 aliphatic carbocycles. The fourth-order valence-corrected chi connectivity index (χ4v) is 3.92. The molecule has 0 bridgehead atoms. The molecule has 1 N–H and O–H groups in total. The number of aromatic nitrogens is 2. The number of aryl methyl sites for hydroxylation is 1. The van der Waals surface area contributed by atoms with Crippen LogP contribution in [0.1, 0.15) is 44.1 Å². The van der Waals surface area contributed by atoms with Gasteiger partial charge in [0, 0.05) is 11.6 Å². The lowest BCUT2D eigenvalue weighted by Gasteiger charge is -2.29. The molecule has 1 heterocycles. The van der Waals surface area contributed by atoms with Gasteiger partial charge in [0.25, 0.3) is 0 Å². The second-order valence-electron chi connectivity index (χ2n) is 6.76. The van der Waals surface area contributed by atoms with Crippen LogP contribution in [-0.4, -0.2) is 27.8 Å². The molecule has 1 aromatic heterocycles. The molecule has 25 heavy (non-hydrogen) atoms. The van der Waals surface area contributed by atoms with E-state index < -0.39 is 0 Å². The summed E-state index contributed by atoms with van der Waals surface area (Å²) in [6.45, 7) is 4.25. The molecule has 2 aromatic rings. The molecule has 6 heteroatoms. The maximum absolute atomic E-state index is 12.1. The molecule has 0 radical (unpaired) electrons. The van der Waals surface area contributed by atoms with E-state index in [9.17, 15) is 4.79 Å². The molecule has 1 amide bonds. The van der Waals surface area contributed by atoms with Gasteiger partial charge in [-0.15, -0.1) is 11.8 Å². The zero-order valence-corrected chi connectivity index (χ0v) is 15.6. The van der Waals surface area contributed by atoms with E-state index in [0.29, 0.717) is 35.2 Å². The molecule has 3 rings (SSSR count). The number of carbonyl (C=O) groups excluding carboxylic acids is 1. The number of nitrogens with zero attached hydrogens (tertiary/aromatic N) is 2. The summed E-state index contributed by atoms with van der Waals surface area (Å²) in [4.78, 5) is 16.6. The average Bonchev–Trinajstić information content (AvgIpc) is 3.06. The highest BCUT2D eigenvalue weighted by atomic mass is 32.2. The zero-order chi connectivity index (χ0) is 17.6. The Kier molecular flexibility index (Phi) is 6.13. The Hall–Kier alpha value is -1.82. The van der Waals surface area contributed by atoms with Crippen molar-refractivity contribution in [3.8, 4) is 11.4 Å². The number of hydrogen-bond acceptors (Lipinski definition) is 5. The van der Waals surface area contributed by atoms with E-state index in [-0.39, 0.29) is 5.91 Å². The predicted octanol–water partition coefficient (Wildman–Crippen LogP) is 3.97. The van der Waals surface area contributed by atoms with Crippen LogP contribution in [0.25, 0.3) is 11.4 Å². The van der Waals surface area contributed by atoms with Gasteiger partial charge in [0.1, 0.15) is 0 Å². The lowest BCUT2D eigenvalue weighted by atomic mass is 9.86. The van der Waals surface area contributed by atoms with Crippen LogP contribution in [0, 0.1) is 12.8 Å². The van der Waals surface area contributed by atoms with E-state index in [2.05, 4.69) is 22.4 Å². The normalized spacial score (nSPS) is 20.4. The van der Waals surface area contributed by atoms with Gasteiger partial charge in [-0.3, -0.25) is 4.79 Å². The van der Waals surface area contributed by atoms with Crippen molar-refractivity contribution >= 4 is 17.7 Å². The zero-order valence-electron chi connectivity index (χ0n) is 14.8. The Bertz CT molecular complexity index is 716. The molecule has 1 aliphatic rings. The van der Waals surface area contributed by atoms with Crippen molar-refractivity contribution in [3.05, 3.63) is 35.7 Å². The van der Waals surface area contributed by atoms with Crippen LogP contribution in [0.5, 0.6) is 0 Å². The third-order valence-corrected chi connectivity index (χ3v) is 5.69. The van der Waals surface area contributed by atoms with Crippen molar-refractivity contribution in [1.29, 1.82) is 0 Å². The number of rotatable bonds is 6. The highest BCUT2D eigenvalue weighted by molar-refractivity contribution is 7.99. The molecule has 134 valence electrons. The third-order valence-electron chi connectivity index (χ3n) is 4.77. The lowest BCUT2D eigenvalue weighted by molar-refractivity contribution is -0.119. The van der Waals surface area contributed by atoms with Gasteiger partial charge in [-0.1, -0.05) is 49.2 Å². The molecular weight excluding hydrogens is 334 g/mol. The number of nitrogens with one attached hydrogen (secondary N) is 1. The van der Waals surface area contributed by atoms with Gasteiger partial charge >= 0.3 is 0 Å². The molecule has 0 aliphatic heterocycles. The largest absolute Gasteiger partial charge is 0.352 e. The van der Waals surface area contributed by atoms with Crippen LogP contribution in [0.3, 0.4) is 0 Å². The van der Waals surface area contributed by atoms with E-state index >= 15 is 0 Å². The van der Waals surface area contributed by atoms with Crippen molar-refractivity contribution in [2.24, 2.45) is 5.92 Å². The first kappa shape index (κ1) is 18.0. The van der Waals surface area contributed by atoms with Crippen molar-refractivity contribution in [2.75, 3.05) is 5.75 Å². The fourth-order valence-electron chi connectivity index (χ4n) is 3.26. The molecule has 0 spiro atoms. The SMILES string of the molecule is Cc1ccccc1-c1noc(CSCC(=O)N[C@@H]2CCCC[C@H]2C)n1. The lowest BCUT2D eigenvalue weighted by Crippen LogP contribution is -2.41. The summed E-state index contributed by atoms with van der Waals surface area (Å²) in [7, 11) is 0. The highest BCUT2D eigenvalue weighted by Crippen LogP contribution is 2.24. The summed E-state index contributed by atoms with van der Waals surface area (Å²) >= 11 is 1.51. The van der Waals surface area contributed by atoms with Gasteiger partial charge in [-0.05, 0) is 31.2 Å². The van der Waals surface area contributed by atoms with Crippen molar-refractivity contribution in [3.63, 3.8) is 0 Å². The Labute approximate surface area is 153 Å². The van der Waals surface area contributed by atoms with Crippen molar-refractivity contribution in [2.45, 2.75) is 51.3 Å². The maximum atomic E-state index is 12.1. The first-order valence-electron chi connectivity index (χ1n) is 8.89. The van der Waals surface area contributed by atoms with Crippen molar-refractivity contribution in [1.82, 2.24) is 15.5 Å². The van der Waals surface area contributed by atoms with Crippen LogP contribution in [0.15, 0.2) is 28.8 Å². The summed E-state index contributed by atoms with van der Waals surface area (Å²) in [5, 5.41) is 7.22. The average molecular weight is 359 g/mol. The summed E-state index contributed by atoms with van der Waals surface area (Å²) in [6.07, 6.45) is 4.80. The summed E-state index contributed by atoms with van der Waals surface area (Å²) in [5.41, 5.74) is 2.09. The number of benzene rings is 1. The summed E-state index contributed by atoms with van der Waals surface area (Å²) in [6, 6.07) is 8.29. The molecule has 1 saturated carbocycles. The predicted molar refractivity (Wildman–Crippen MR) is 100 cm³/mol. The van der Waals surface area contributed by atoms with Crippen LogP contribution >= 0.6 is 11.8 Å². The quantitative estimate of drug-likeness (QED) is 0.845. The Morgan fingerprint density at radius 1 is 1.32 bits per heavy atom. The minimum Gasteiger partial charge on any atom is -0.352 e. The molecule has 1 fully saturated rings. The van der Waals surface area contributed by atoms with Crippen LogP contribution in [0.2, 0.25) is 0 Å².